The van der Waals surface area contributed by atoms with Gasteiger partial charge in [-0.1, -0.05) is 13.8 Å². The highest BCUT2D eigenvalue weighted by molar-refractivity contribution is 5.84. The maximum atomic E-state index is 13.5. The fourth-order valence-corrected chi connectivity index (χ4v) is 2.20. The van der Waals surface area contributed by atoms with Crippen molar-refractivity contribution in [3.05, 3.63) is 39.8 Å². The highest BCUT2D eigenvalue weighted by Gasteiger charge is 2.17. The highest BCUT2D eigenvalue weighted by Crippen LogP contribution is 2.22. The van der Waals surface area contributed by atoms with Crippen LogP contribution >= 0.6 is 0 Å². The largest absolute Gasteiger partial charge is 0.309 e. The quantitative estimate of drug-likeness (QED) is 0.943. The number of nitrogens with one attached hydrogen (secondary N) is 1. The van der Waals surface area contributed by atoms with Crippen LogP contribution in [0.5, 0.6) is 0 Å². The molecule has 0 radical (unpaired) electrons. The van der Waals surface area contributed by atoms with E-state index in [1.165, 1.54) is 7.05 Å². The van der Waals surface area contributed by atoms with E-state index in [1.54, 1.807) is 0 Å². The van der Waals surface area contributed by atoms with Crippen LogP contribution in [0.2, 0.25) is 0 Å². The number of hydrogen-bond donors (Lipinski definition) is 1. The molecule has 0 aliphatic carbocycles. The lowest BCUT2D eigenvalue weighted by molar-refractivity contribution is 0.481. The average molecular weight is 295 g/mol. The molecule has 0 saturated heterocycles. The Morgan fingerprint density at radius 1 is 1.19 bits per heavy atom. The molecule has 0 fully saturated rings. The third-order valence-corrected chi connectivity index (χ3v) is 3.36. The van der Waals surface area contributed by atoms with Crippen molar-refractivity contribution in [1.82, 2.24) is 15.1 Å². The van der Waals surface area contributed by atoms with Gasteiger partial charge in [-0.25, -0.2) is 13.5 Å². The van der Waals surface area contributed by atoms with E-state index in [1.807, 2.05) is 6.92 Å². The molecule has 0 spiro atoms. The third-order valence-electron chi connectivity index (χ3n) is 3.36. The molecule has 1 aromatic carbocycles. The first-order valence-electron chi connectivity index (χ1n) is 6.90. The second-order valence-electron chi connectivity index (χ2n) is 5.65. The molecule has 6 heteroatoms. The van der Waals surface area contributed by atoms with E-state index >= 15 is 0 Å². The van der Waals surface area contributed by atoms with Gasteiger partial charge in [0.1, 0.15) is 0 Å². The molecule has 0 amide bonds. The van der Waals surface area contributed by atoms with E-state index < -0.39 is 17.2 Å². The number of fused-ring (bicyclic) bond motifs is 1. The molecule has 2 aromatic rings. The lowest BCUT2D eigenvalue weighted by atomic mass is 10.1. The zero-order valence-electron chi connectivity index (χ0n) is 12.6. The second kappa shape index (κ2) is 5.89. The standard InChI is InChI=1S/C15H19F2N3O/c1-8(2)7-18-9(3)14-10-5-12(16)13(17)6-11(10)15(21)20(4)19-14/h5-6,8-9,18H,7H2,1-4H3. The van der Waals surface area contributed by atoms with Gasteiger partial charge in [0.2, 0.25) is 0 Å². The Morgan fingerprint density at radius 3 is 2.33 bits per heavy atom. The summed E-state index contributed by atoms with van der Waals surface area (Å²) < 4.78 is 28.0. The van der Waals surface area contributed by atoms with E-state index in [-0.39, 0.29) is 11.4 Å². The SMILES string of the molecule is CC(C)CNC(C)c1nn(C)c(=O)c2cc(F)c(F)cc12. The Hall–Kier alpha value is -1.82. The molecule has 2 rings (SSSR count). The molecule has 114 valence electrons. The molecule has 1 atom stereocenters. The van der Waals surface area contributed by atoms with E-state index in [0.717, 1.165) is 23.4 Å². The van der Waals surface area contributed by atoms with Gasteiger partial charge in [-0.05, 0) is 31.5 Å². The van der Waals surface area contributed by atoms with Gasteiger partial charge >= 0.3 is 0 Å². The van der Waals surface area contributed by atoms with E-state index in [2.05, 4.69) is 24.3 Å². The van der Waals surface area contributed by atoms with Gasteiger partial charge in [-0.2, -0.15) is 5.10 Å². The van der Waals surface area contributed by atoms with Crippen LogP contribution in [0.3, 0.4) is 0 Å². The Labute approximate surface area is 121 Å². The molecule has 0 aliphatic rings. The van der Waals surface area contributed by atoms with Crippen LogP contribution in [-0.4, -0.2) is 16.3 Å². The predicted octanol–water partition coefficient (Wildman–Crippen LogP) is 2.52. The first-order valence-corrected chi connectivity index (χ1v) is 6.90. The summed E-state index contributed by atoms with van der Waals surface area (Å²) in [6.07, 6.45) is 0. The molecule has 0 bridgehead atoms. The minimum absolute atomic E-state index is 0.139. The van der Waals surface area contributed by atoms with Gasteiger partial charge in [0.25, 0.3) is 5.56 Å². The number of aromatic nitrogens is 2. The van der Waals surface area contributed by atoms with Crippen LogP contribution in [-0.2, 0) is 7.05 Å². The van der Waals surface area contributed by atoms with Crippen LogP contribution in [0.15, 0.2) is 16.9 Å². The van der Waals surface area contributed by atoms with Crippen molar-refractivity contribution in [2.75, 3.05) is 6.54 Å². The smallest absolute Gasteiger partial charge is 0.274 e. The van der Waals surface area contributed by atoms with Crippen molar-refractivity contribution in [2.45, 2.75) is 26.8 Å². The Bertz CT molecular complexity index is 725. The number of hydrogen-bond acceptors (Lipinski definition) is 3. The summed E-state index contributed by atoms with van der Waals surface area (Å²) in [4.78, 5) is 12.0. The molecule has 1 heterocycles. The molecule has 21 heavy (non-hydrogen) atoms. The van der Waals surface area contributed by atoms with Crippen molar-refractivity contribution in [2.24, 2.45) is 13.0 Å². The first kappa shape index (κ1) is 15.6. The molecular weight excluding hydrogens is 276 g/mol. The van der Waals surface area contributed by atoms with Gasteiger partial charge in [0, 0.05) is 18.5 Å². The minimum Gasteiger partial charge on any atom is -0.309 e. The van der Waals surface area contributed by atoms with Gasteiger partial charge in [0.05, 0.1) is 11.1 Å². The number of aryl methyl sites for hydroxylation is 1. The summed E-state index contributed by atoms with van der Waals surface area (Å²) in [5.74, 6) is -1.56. The zero-order chi connectivity index (χ0) is 15.7. The van der Waals surface area contributed by atoms with Gasteiger partial charge < -0.3 is 5.32 Å². The van der Waals surface area contributed by atoms with Crippen molar-refractivity contribution >= 4 is 10.8 Å². The fraction of sp³-hybridized carbons (Fsp3) is 0.467. The monoisotopic (exact) mass is 295 g/mol. The Kier molecular flexibility index (Phi) is 4.37. The topological polar surface area (TPSA) is 46.9 Å². The maximum Gasteiger partial charge on any atom is 0.274 e. The van der Waals surface area contributed by atoms with Gasteiger partial charge in [0.15, 0.2) is 11.6 Å². The molecular formula is C15H19F2N3O. The van der Waals surface area contributed by atoms with Gasteiger partial charge in [-0.15, -0.1) is 0 Å². The summed E-state index contributed by atoms with van der Waals surface area (Å²) in [7, 11) is 1.50. The highest BCUT2D eigenvalue weighted by atomic mass is 19.2. The van der Waals surface area contributed by atoms with Crippen LogP contribution in [0.25, 0.3) is 10.8 Å². The van der Waals surface area contributed by atoms with E-state index in [4.69, 9.17) is 0 Å². The first-order chi connectivity index (χ1) is 9.81. The van der Waals surface area contributed by atoms with E-state index in [0.29, 0.717) is 17.0 Å². The lowest BCUT2D eigenvalue weighted by Crippen LogP contribution is -2.28. The summed E-state index contributed by atoms with van der Waals surface area (Å²) in [6, 6.07) is 1.81. The number of halogens is 2. The average Bonchev–Trinajstić information content (AvgIpc) is 2.42. The lowest BCUT2D eigenvalue weighted by Gasteiger charge is -2.17. The van der Waals surface area contributed by atoms with E-state index in [9.17, 15) is 13.6 Å². The van der Waals surface area contributed by atoms with Crippen molar-refractivity contribution in [1.29, 1.82) is 0 Å². The molecule has 4 nitrogen and oxygen atoms in total. The Morgan fingerprint density at radius 2 is 1.76 bits per heavy atom. The van der Waals surface area contributed by atoms with Crippen molar-refractivity contribution in [3.8, 4) is 0 Å². The van der Waals surface area contributed by atoms with Crippen molar-refractivity contribution in [3.63, 3.8) is 0 Å². The number of benzene rings is 1. The number of rotatable bonds is 4. The van der Waals surface area contributed by atoms with Crippen molar-refractivity contribution < 1.29 is 8.78 Å². The molecule has 0 saturated carbocycles. The zero-order valence-corrected chi connectivity index (χ0v) is 12.6. The molecule has 1 aromatic heterocycles. The van der Waals surface area contributed by atoms with Gasteiger partial charge in [-0.3, -0.25) is 4.79 Å². The van der Waals surface area contributed by atoms with Crippen LogP contribution in [0.1, 0.15) is 32.5 Å². The normalized spacial score (nSPS) is 13.1. The second-order valence-corrected chi connectivity index (χ2v) is 5.65. The predicted molar refractivity (Wildman–Crippen MR) is 78.2 cm³/mol. The summed E-state index contributed by atoms with van der Waals surface area (Å²) >= 11 is 0. The van der Waals surface area contributed by atoms with Crippen LogP contribution in [0, 0.1) is 17.6 Å². The molecule has 1 N–H and O–H groups in total. The fourth-order valence-electron chi connectivity index (χ4n) is 2.20. The van der Waals surface area contributed by atoms with Crippen LogP contribution in [0.4, 0.5) is 8.78 Å². The molecule has 1 unspecified atom stereocenters. The van der Waals surface area contributed by atoms with Crippen LogP contribution < -0.4 is 10.9 Å². The summed E-state index contributed by atoms with van der Waals surface area (Å²) in [5.41, 5.74) is 0.0929. The summed E-state index contributed by atoms with van der Waals surface area (Å²) in [6.45, 7) is 6.79. The number of nitrogens with zero attached hydrogens (tertiary/aromatic N) is 2. The molecule has 0 aliphatic heterocycles. The third kappa shape index (κ3) is 3.10. The minimum atomic E-state index is -1.03. The maximum absolute atomic E-state index is 13.5. The Balaban J connectivity index is 2.60. The summed E-state index contributed by atoms with van der Waals surface area (Å²) in [5, 5.41) is 7.97.